The van der Waals surface area contributed by atoms with Gasteiger partial charge in [0.1, 0.15) is 0 Å². The molecule has 0 saturated heterocycles. The molecule has 0 heterocycles. The van der Waals surface area contributed by atoms with E-state index in [2.05, 4.69) is 69.3 Å². The number of hydrogen-bond acceptors (Lipinski definition) is 1. The van der Waals surface area contributed by atoms with Crippen molar-refractivity contribution in [3.8, 4) is 0 Å². The molecule has 0 fully saturated rings. The first kappa shape index (κ1) is 14.8. The minimum Gasteiger partial charge on any atom is -0.330 e. The second kappa shape index (κ2) is 6.23. The molecular weight excluding hydrogens is 242 g/mol. The van der Waals surface area contributed by atoms with Crippen LogP contribution in [0.25, 0.3) is 0 Å². The maximum Gasteiger partial charge on any atom is 0.0113 e. The molecule has 0 saturated carbocycles. The predicted octanol–water partition coefficient (Wildman–Crippen LogP) is 4.15. The molecule has 20 heavy (non-hydrogen) atoms. The molecule has 106 valence electrons. The van der Waals surface area contributed by atoms with Crippen molar-refractivity contribution in [2.75, 3.05) is 6.54 Å². The van der Waals surface area contributed by atoms with Crippen LogP contribution in [-0.4, -0.2) is 6.54 Å². The average molecular weight is 267 g/mol. The van der Waals surface area contributed by atoms with Crippen LogP contribution in [-0.2, 0) is 11.8 Å². The minimum absolute atomic E-state index is 0.0431. The van der Waals surface area contributed by atoms with E-state index in [4.69, 9.17) is 5.73 Å². The SMILES string of the molecule is CCC(CN)(Cc1cc(C)cc(C)c1)c1ccccc1. The fraction of sp³-hybridized carbons (Fsp3) is 0.368. The second-order valence-corrected chi connectivity index (χ2v) is 5.88. The van der Waals surface area contributed by atoms with Crippen molar-refractivity contribution >= 4 is 0 Å². The maximum atomic E-state index is 6.17. The summed E-state index contributed by atoms with van der Waals surface area (Å²) in [5.41, 5.74) is 11.6. The standard InChI is InChI=1S/C19H25N/c1-4-19(14-20,18-8-6-5-7-9-18)13-17-11-15(2)10-16(3)12-17/h5-12H,4,13-14,20H2,1-3H3. The van der Waals surface area contributed by atoms with Gasteiger partial charge in [-0.3, -0.25) is 0 Å². The van der Waals surface area contributed by atoms with Crippen molar-refractivity contribution in [1.82, 2.24) is 0 Å². The van der Waals surface area contributed by atoms with Crippen LogP contribution in [0.2, 0.25) is 0 Å². The van der Waals surface area contributed by atoms with Crippen molar-refractivity contribution in [3.63, 3.8) is 0 Å². The van der Waals surface area contributed by atoms with Crippen molar-refractivity contribution in [3.05, 3.63) is 70.8 Å². The molecule has 1 atom stereocenters. The van der Waals surface area contributed by atoms with Crippen LogP contribution in [0.5, 0.6) is 0 Å². The summed E-state index contributed by atoms with van der Waals surface area (Å²) in [5.74, 6) is 0. The largest absolute Gasteiger partial charge is 0.330 e. The first-order chi connectivity index (χ1) is 9.59. The molecule has 1 unspecified atom stereocenters. The Kier molecular flexibility index (Phi) is 4.61. The minimum atomic E-state index is 0.0431. The Morgan fingerprint density at radius 3 is 2.05 bits per heavy atom. The highest BCUT2D eigenvalue weighted by atomic mass is 14.6. The highest BCUT2D eigenvalue weighted by molar-refractivity contribution is 5.34. The van der Waals surface area contributed by atoms with Gasteiger partial charge in [-0.05, 0) is 37.8 Å². The van der Waals surface area contributed by atoms with Gasteiger partial charge in [0, 0.05) is 12.0 Å². The van der Waals surface area contributed by atoms with Gasteiger partial charge in [0.05, 0.1) is 0 Å². The third-order valence-corrected chi connectivity index (χ3v) is 4.28. The molecule has 0 radical (unpaired) electrons. The highest BCUT2D eigenvalue weighted by Crippen LogP contribution is 2.31. The van der Waals surface area contributed by atoms with Gasteiger partial charge in [-0.25, -0.2) is 0 Å². The number of benzene rings is 2. The molecule has 0 amide bonds. The van der Waals surface area contributed by atoms with E-state index >= 15 is 0 Å². The van der Waals surface area contributed by atoms with Crippen LogP contribution in [0, 0.1) is 13.8 Å². The second-order valence-electron chi connectivity index (χ2n) is 5.88. The van der Waals surface area contributed by atoms with Gasteiger partial charge < -0.3 is 5.73 Å². The quantitative estimate of drug-likeness (QED) is 0.865. The summed E-state index contributed by atoms with van der Waals surface area (Å²) >= 11 is 0. The van der Waals surface area contributed by atoms with Crippen LogP contribution in [0.1, 0.15) is 35.6 Å². The summed E-state index contributed by atoms with van der Waals surface area (Å²) in [7, 11) is 0. The summed E-state index contributed by atoms with van der Waals surface area (Å²) in [6.45, 7) is 7.24. The zero-order valence-corrected chi connectivity index (χ0v) is 12.8. The van der Waals surface area contributed by atoms with Crippen molar-refractivity contribution in [2.45, 2.75) is 39.0 Å². The lowest BCUT2D eigenvalue weighted by atomic mass is 9.73. The topological polar surface area (TPSA) is 26.0 Å². The molecule has 2 aromatic carbocycles. The number of nitrogens with two attached hydrogens (primary N) is 1. The first-order valence-electron chi connectivity index (χ1n) is 7.42. The fourth-order valence-electron chi connectivity index (χ4n) is 3.12. The smallest absolute Gasteiger partial charge is 0.0113 e. The lowest BCUT2D eigenvalue weighted by Crippen LogP contribution is -2.36. The van der Waals surface area contributed by atoms with Crippen LogP contribution < -0.4 is 5.73 Å². The Morgan fingerprint density at radius 2 is 1.55 bits per heavy atom. The summed E-state index contributed by atoms with van der Waals surface area (Å²) in [6.07, 6.45) is 2.06. The Hall–Kier alpha value is -1.60. The molecule has 0 bridgehead atoms. The molecule has 2 aromatic rings. The monoisotopic (exact) mass is 267 g/mol. The van der Waals surface area contributed by atoms with Crippen molar-refractivity contribution in [1.29, 1.82) is 0 Å². The van der Waals surface area contributed by atoms with Crippen molar-refractivity contribution < 1.29 is 0 Å². The van der Waals surface area contributed by atoms with E-state index in [1.54, 1.807) is 0 Å². The molecule has 0 aromatic heterocycles. The van der Waals surface area contributed by atoms with Crippen LogP contribution in [0.15, 0.2) is 48.5 Å². The molecule has 1 heteroatoms. The van der Waals surface area contributed by atoms with Gasteiger partial charge in [0.25, 0.3) is 0 Å². The third kappa shape index (κ3) is 3.10. The van der Waals surface area contributed by atoms with Crippen molar-refractivity contribution in [2.24, 2.45) is 5.73 Å². The van der Waals surface area contributed by atoms with E-state index < -0.39 is 0 Å². The van der Waals surface area contributed by atoms with Gasteiger partial charge >= 0.3 is 0 Å². The molecule has 0 spiro atoms. The van der Waals surface area contributed by atoms with E-state index in [1.807, 2.05) is 0 Å². The summed E-state index contributed by atoms with van der Waals surface area (Å²) in [5, 5.41) is 0. The Balaban J connectivity index is 2.39. The summed E-state index contributed by atoms with van der Waals surface area (Å²) in [6, 6.07) is 17.5. The number of hydrogen-bond donors (Lipinski definition) is 1. The lowest BCUT2D eigenvalue weighted by Gasteiger charge is -2.32. The van der Waals surface area contributed by atoms with Gasteiger partial charge in [-0.15, -0.1) is 0 Å². The van der Waals surface area contributed by atoms with E-state index in [9.17, 15) is 0 Å². The van der Waals surface area contributed by atoms with E-state index in [1.165, 1.54) is 22.3 Å². The Bertz CT molecular complexity index is 533. The lowest BCUT2D eigenvalue weighted by molar-refractivity contribution is 0.418. The van der Waals surface area contributed by atoms with Crippen LogP contribution >= 0.6 is 0 Å². The summed E-state index contributed by atoms with van der Waals surface area (Å²) in [4.78, 5) is 0. The van der Waals surface area contributed by atoms with Gasteiger partial charge in [0.15, 0.2) is 0 Å². The van der Waals surface area contributed by atoms with Gasteiger partial charge in [-0.1, -0.05) is 66.6 Å². The fourth-order valence-corrected chi connectivity index (χ4v) is 3.12. The van der Waals surface area contributed by atoms with Crippen LogP contribution in [0.4, 0.5) is 0 Å². The van der Waals surface area contributed by atoms with E-state index in [0.717, 1.165) is 12.8 Å². The molecule has 0 aliphatic carbocycles. The number of rotatable bonds is 5. The maximum absolute atomic E-state index is 6.17. The van der Waals surface area contributed by atoms with Gasteiger partial charge in [-0.2, -0.15) is 0 Å². The normalized spacial score (nSPS) is 14.0. The predicted molar refractivity (Wildman–Crippen MR) is 87.1 cm³/mol. The van der Waals surface area contributed by atoms with Crippen LogP contribution in [0.3, 0.4) is 0 Å². The molecule has 1 nitrogen and oxygen atoms in total. The molecular formula is C19H25N. The molecule has 2 N–H and O–H groups in total. The molecule has 0 aliphatic rings. The Morgan fingerprint density at radius 1 is 0.950 bits per heavy atom. The molecule has 0 aliphatic heterocycles. The third-order valence-electron chi connectivity index (χ3n) is 4.28. The van der Waals surface area contributed by atoms with E-state index in [0.29, 0.717) is 6.54 Å². The average Bonchev–Trinajstić information content (AvgIpc) is 2.45. The molecule has 2 rings (SSSR count). The zero-order valence-electron chi connectivity index (χ0n) is 12.8. The van der Waals surface area contributed by atoms with E-state index in [-0.39, 0.29) is 5.41 Å². The Labute approximate surface area is 122 Å². The first-order valence-corrected chi connectivity index (χ1v) is 7.42. The highest BCUT2D eigenvalue weighted by Gasteiger charge is 2.29. The number of aryl methyl sites for hydroxylation is 2. The summed E-state index contributed by atoms with van der Waals surface area (Å²) < 4.78 is 0. The zero-order chi connectivity index (χ0) is 14.6. The van der Waals surface area contributed by atoms with Gasteiger partial charge in [0.2, 0.25) is 0 Å².